The van der Waals surface area contributed by atoms with E-state index in [0.29, 0.717) is 12.1 Å². The molecule has 0 aliphatic heterocycles. The molecule has 1 heterocycles. The minimum atomic E-state index is -0.278. The first-order valence-corrected chi connectivity index (χ1v) is 5.35. The maximum absolute atomic E-state index is 12.7. The smallest absolute Gasteiger partial charge is 0.256 e. The summed E-state index contributed by atoms with van der Waals surface area (Å²) in [5.41, 5.74) is 2.21. The third-order valence-corrected chi connectivity index (χ3v) is 2.78. The van der Waals surface area contributed by atoms with Crippen molar-refractivity contribution < 1.29 is 4.39 Å². The molecular weight excluding hydrogens is 219 g/mol. The highest BCUT2D eigenvalue weighted by molar-refractivity contribution is 5.18. The van der Waals surface area contributed by atoms with Crippen molar-refractivity contribution in [1.29, 1.82) is 0 Å². The molecule has 0 unspecified atom stereocenters. The third kappa shape index (κ3) is 2.41. The summed E-state index contributed by atoms with van der Waals surface area (Å²) in [6.45, 7) is 3.97. The molecule has 0 bridgehead atoms. The van der Waals surface area contributed by atoms with Crippen LogP contribution in [0.1, 0.15) is 16.8 Å². The molecule has 0 spiro atoms. The van der Waals surface area contributed by atoms with Gasteiger partial charge in [-0.2, -0.15) is 0 Å². The van der Waals surface area contributed by atoms with Gasteiger partial charge in [0, 0.05) is 11.3 Å². The molecule has 2 rings (SSSR count). The van der Waals surface area contributed by atoms with Crippen LogP contribution < -0.4 is 5.56 Å². The number of hydrogen-bond donors (Lipinski definition) is 0. The van der Waals surface area contributed by atoms with E-state index in [9.17, 15) is 9.18 Å². The average molecular weight is 232 g/mol. The molecule has 88 valence electrons. The summed E-state index contributed by atoms with van der Waals surface area (Å²) < 4.78 is 14.3. The highest BCUT2D eigenvalue weighted by atomic mass is 19.1. The average Bonchev–Trinajstić information content (AvgIpc) is 2.33. The third-order valence-electron chi connectivity index (χ3n) is 2.78. The Hall–Kier alpha value is -1.97. The summed E-state index contributed by atoms with van der Waals surface area (Å²) in [4.78, 5) is 16.1. The van der Waals surface area contributed by atoms with Crippen LogP contribution in [0.15, 0.2) is 35.4 Å². The van der Waals surface area contributed by atoms with Crippen LogP contribution in [0.4, 0.5) is 4.39 Å². The lowest BCUT2D eigenvalue weighted by Gasteiger charge is -2.07. The second kappa shape index (κ2) is 4.49. The van der Waals surface area contributed by atoms with Crippen molar-refractivity contribution in [3.8, 4) is 0 Å². The van der Waals surface area contributed by atoms with Gasteiger partial charge in [0.05, 0.1) is 12.9 Å². The maximum atomic E-state index is 12.7. The summed E-state index contributed by atoms with van der Waals surface area (Å²) in [5.74, 6) is -0.278. The highest BCUT2D eigenvalue weighted by Crippen LogP contribution is 2.04. The second-order valence-corrected chi connectivity index (χ2v) is 4.01. The van der Waals surface area contributed by atoms with Gasteiger partial charge in [-0.1, -0.05) is 12.1 Å². The Labute approximate surface area is 98.6 Å². The molecule has 0 aliphatic rings. The van der Waals surface area contributed by atoms with Crippen LogP contribution in [0.25, 0.3) is 0 Å². The van der Waals surface area contributed by atoms with Gasteiger partial charge < -0.3 is 0 Å². The molecule has 0 fully saturated rings. The van der Waals surface area contributed by atoms with Crippen molar-refractivity contribution in [2.45, 2.75) is 20.4 Å². The molecule has 0 aliphatic carbocycles. The van der Waals surface area contributed by atoms with Crippen LogP contribution in [0, 0.1) is 19.7 Å². The number of nitrogens with zero attached hydrogens (tertiary/aromatic N) is 2. The lowest BCUT2D eigenvalue weighted by atomic mass is 10.2. The molecule has 1 aromatic heterocycles. The molecular formula is C13H13FN2O. The Morgan fingerprint density at radius 2 is 1.88 bits per heavy atom. The lowest BCUT2D eigenvalue weighted by molar-refractivity contribution is 0.625. The van der Waals surface area contributed by atoms with Crippen LogP contribution in [0.5, 0.6) is 0 Å². The molecule has 0 radical (unpaired) electrons. The normalized spacial score (nSPS) is 10.5. The Morgan fingerprint density at radius 3 is 2.53 bits per heavy atom. The largest absolute Gasteiger partial charge is 0.295 e. The van der Waals surface area contributed by atoms with Gasteiger partial charge in [0.15, 0.2) is 0 Å². The first kappa shape index (κ1) is 11.5. The van der Waals surface area contributed by atoms with Gasteiger partial charge in [0.25, 0.3) is 5.56 Å². The molecule has 1 aromatic carbocycles. The predicted octanol–water partition coefficient (Wildman–Crippen LogP) is 2.05. The molecule has 3 nitrogen and oxygen atoms in total. The van der Waals surface area contributed by atoms with Crippen LogP contribution in [0.3, 0.4) is 0 Å². The van der Waals surface area contributed by atoms with E-state index < -0.39 is 0 Å². The van der Waals surface area contributed by atoms with Crippen molar-refractivity contribution in [3.05, 3.63) is 63.6 Å². The first-order chi connectivity index (χ1) is 8.08. The summed E-state index contributed by atoms with van der Waals surface area (Å²) in [5, 5.41) is 0. The van der Waals surface area contributed by atoms with Gasteiger partial charge in [0.1, 0.15) is 5.82 Å². The van der Waals surface area contributed by atoms with Gasteiger partial charge in [-0.3, -0.25) is 9.36 Å². The first-order valence-electron chi connectivity index (χ1n) is 5.35. The fourth-order valence-corrected chi connectivity index (χ4v) is 1.57. The second-order valence-electron chi connectivity index (χ2n) is 4.01. The van der Waals surface area contributed by atoms with E-state index in [-0.39, 0.29) is 11.4 Å². The summed E-state index contributed by atoms with van der Waals surface area (Å²) in [6.07, 6.45) is 1.52. The lowest BCUT2D eigenvalue weighted by Crippen LogP contribution is -2.24. The van der Waals surface area contributed by atoms with Crippen molar-refractivity contribution in [2.75, 3.05) is 0 Å². The Balaban J connectivity index is 2.34. The van der Waals surface area contributed by atoms with E-state index in [2.05, 4.69) is 4.98 Å². The number of benzene rings is 1. The minimum absolute atomic E-state index is 0.0539. The van der Waals surface area contributed by atoms with E-state index in [4.69, 9.17) is 0 Å². The predicted molar refractivity (Wildman–Crippen MR) is 63.5 cm³/mol. The SMILES string of the molecule is Cc1ncn(Cc2ccc(F)cc2)c(=O)c1C. The number of hydrogen-bond acceptors (Lipinski definition) is 2. The molecule has 0 amide bonds. The van der Waals surface area contributed by atoms with Crippen molar-refractivity contribution in [2.24, 2.45) is 0 Å². The summed E-state index contributed by atoms with van der Waals surface area (Å²) in [6, 6.07) is 6.09. The zero-order valence-corrected chi connectivity index (χ0v) is 9.77. The van der Waals surface area contributed by atoms with Crippen molar-refractivity contribution >= 4 is 0 Å². The van der Waals surface area contributed by atoms with Crippen LogP contribution in [-0.2, 0) is 6.54 Å². The fourth-order valence-electron chi connectivity index (χ4n) is 1.57. The molecule has 0 saturated carbocycles. The Bertz CT molecular complexity index is 587. The molecule has 4 heteroatoms. The van der Waals surface area contributed by atoms with E-state index in [1.165, 1.54) is 23.0 Å². The highest BCUT2D eigenvalue weighted by Gasteiger charge is 2.04. The molecule has 0 atom stereocenters. The van der Waals surface area contributed by atoms with Gasteiger partial charge in [-0.15, -0.1) is 0 Å². The van der Waals surface area contributed by atoms with Crippen molar-refractivity contribution in [1.82, 2.24) is 9.55 Å². The zero-order chi connectivity index (χ0) is 12.4. The molecule has 0 N–H and O–H groups in total. The van der Waals surface area contributed by atoms with E-state index in [0.717, 1.165) is 11.3 Å². The fraction of sp³-hybridized carbons (Fsp3) is 0.231. The molecule has 2 aromatic rings. The van der Waals surface area contributed by atoms with Gasteiger partial charge >= 0.3 is 0 Å². The molecule has 0 saturated heterocycles. The van der Waals surface area contributed by atoms with Gasteiger partial charge in [0.2, 0.25) is 0 Å². The van der Waals surface area contributed by atoms with E-state index in [1.54, 1.807) is 26.0 Å². The molecule has 17 heavy (non-hydrogen) atoms. The minimum Gasteiger partial charge on any atom is -0.295 e. The summed E-state index contributed by atoms with van der Waals surface area (Å²) in [7, 11) is 0. The standard InChI is InChI=1S/C13H13FN2O/c1-9-10(2)15-8-16(13(9)17)7-11-3-5-12(14)6-4-11/h3-6,8H,7H2,1-2H3. The number of rotatable bonds is 2. The van der Waals surface area contributed by atoms with Crippen molar-refractivity contribution in [3.63, 3.8) is 0 Å². The summed E-state index contributed by atoms with van der Waals surface area (Å²) >= 11 is 0. The van der Waals surface area contributed by atoms with E-state index in [1.807, 2.05) is 0 Å². The number of aryl methyl sites for hydroxylation is 1. The van der Waals surface area contributed by atoms with Crippen LogP contribution >= 0.6 is 0 Å². The maximum Gasteiger partial charge on any atom is 0.256 e. The van der Waals surface area contributed by atoms with Gasteiger partial charge in [-0.05, 0) is 31.5 Å². The number of aromatic nitrogens is 2. The Morgan fingerprint density at radius 1 is 1.24 bits per heavy atom. The zero-order valence-electron chi connectivity index (χ0n) is 9.77. The van der Waals surface area contributed by atoms with Crippen LogP contribution in [-0.4, -0.2) is 9.55 Å². The monoisotopic (exact) mass is 232 g/mol. The number of halogens is 1. The van der Waals surface area contributed by atoms with E-state index >= 15 is 0 Å². The van der Waals surface area contributed by atoms with Gasteiger partial charge in [-0.25, -0.2) is 9.37 Å². The topological polar surface area (TPSA) is 34.9 Å². The Kier molecular flexibility index (Phi) is 3.04. The van der Waals surface area contributed by atoms with Crippen LogP contribution in [0.2, 0.25) is 0 Å². The quantitative estimate of drug-likeness (QED) is 0.794.